The number of amides is 2. The number of nitrogens with zero attached hydrogens (tertiary/aromatic N) is 2. The standard InChI is InChI=1S/C21H25F2N3O2/c1-5-25(6-2)17-8-10-20(14(3)11-17)26(15(4)27)13-21(28)24-19-9-7-16(22)12-18(19)23/h7-12H,5-6,13H2,1-4H3,(H,24,28). The lowest BCUT2D eigenvalue weighted by molar-refractivity contribution is -0.120. The topological polar surface area (TPSA) is 52.6 Å². The molecule has 1 N–H and O–H groups in total. The van der Waals surface area contributed by atoms with E-state index < -0.39 is 17.5 Å². The van der Waals surface area contributed by atoms with Crippen LogP contribution in [-0.4, -0.2) is 31.4 Å². The number of aryl methyl sites for hydroxylation is 1. The Morgan fingerprint density at radius 3 is 2.25 bits per heavy atom. The van der Waals surface area contributed by atoms with Crippen LogP contribution < -0.4 is 15.1 Å². The maximum Gasteiger partial charge on any atom is 0.244 e. The molecule has 7 heteroatoms. The maximum atomic E-state index is 13.7. The highest BCUT2D eigenvalue weighted by Gasteiger charge is 2.19. The van der Waals surface area contributed by atoms with E-state index in [0.717, 1.165) is 36.5 Å². The van der Waals surface area contributed by atoms with Crippen LogP contribution in [-0.2, 0) is 9.59 Å². The summed E-state index contributed by atoms with van der Waals surface area (Å²) < 4.78 is 26.7. The Hall–Kier alpha value is -2.96. The third-order valence-corrected chi connectivity index (χ3v) is 4.49. The fraction of sp³-hybridized carbons (Fsp3) is 0.333. The highest BCUT2D eigenvalue weighted by atomic mass is 19.1. The summed E-state index contributed by atoms with van der Waals surface area (Å²) in [5, 5.41) is 2.38. The lowest BCUT2D eigenvalue weighted by Crippen LogP contribution is -2.37. The highest BCUT2D eigenvalue weighted by Crippen LogP contribution is 2.26. The predicted octanol–water partition coefficient (Wildman–Crippen LogP) is 4.11. The Balaban J connectivity index is 2.21. The molecule has 0 saturated heterocycles. The van der Waals surface area contributed by atoms with Gasteiger partial charge in [-0.2, -0.15) is 0 Å². The molecule has 0 spiro atoms. The van der Waals surface area contributed by atoms with Crippen LogP contribution in [0, 0.1) is 18.6 Å². The average Bonchev–Trinajstić information content (AvgIpc) is 2.63. The smallest absolute Gasteiger partial charge is 0.244 e. The van der Waals surface area contributed by atoms with Crippen molar-refractivity contribution in [3.8, 4) is 0 Å². The molecule has 2 aromatic rings. The zero-order chi connectivity index (χ0) is 20.8. The van der Waals surface area contributed by atoms with Crippen molar-refractivity contribution in [2.75, 3.05) is 34.8 Å². The molecule has 2 amide bonds. The van der Waals surface area contributed by atoms with Gasteiger partial charge in [0.1, 0.15) is 18.2 Å². The molecule has 2 rings (SSSR count). The Morgan fingerprint density at radius 2 is 1.71 bits per heavy atom. The first-order valence-electron chi connectivity index (χ1n) is 9.15. The summed E-state index contributed by atoms with van der Waals surface area (Å²) in [6, 6.07) is 8.56. The SMILES string of the molecule is CCN(CC)c1ccc(N(CC(=O)Nc2ccc(F)cc2F)C(C)=O)c(C)c1. The molecule has 0 saturated carbocycles. The van der Waals surface area contributed by atoms with E-state index >= 15 is 0 Å². The van der Waals surface area contributed by atoms with Gasteiger partial charge < -0.3 is 15.1 Å². The van der Waals surface area contributed by atoms with Gasteiger partial charge in [0.05, 0.1) is 5.69 Å². The number of anilines is 3. The van der Waals surface area contributed by atoms with Crippen LogP contribution in [0.4, 0.5) is 25.8 Å². The molecule has 0 aliphatic rings. The quantitative estimate of drug-likeness (QED) is 0.775. The van der Waals surface area contributed by atoms with E-state index in [1.54, 1.807) is 6.07 Å². The third kappa shape index (κ3) is 5.06. The molecule has 5 nitrogen and oxygen atoms in total. The van der Waals surface area contributed by atoms with Gasteiger partial charge in [0.2, 0.25) is 11.8 Å². The molecule has 0 fully saturated rings. The lowest BCUT2D eigenvalue weighted by Gasteiger charge is -2.26. The summed E-state index contributed by atoms with van der Waals surface area (Å²) in [7, 11) is 0. The minimum Gasteiger partial charge on any atom is -0.372 e. The number of carbonyl (C=O) groups is 2. The first kappa shape index (κ1) is 21.3. The Morgan fingerprint density at radius 1 is 1.04 bits per heavy atom. The Labute approximate surface area is 163 Å². The molecule has 0 aromatic heterocycles. The van der Waals surface area contributed by atoms with Crippen LogP contribution in [0.3, 0.4) is 0 Å². The van der Waals surface area contributed by atoms with Crippen molar-refractivity contribution in [2.24, 2.45) is 0 Å². The largest absolute Gasteiger partial charge is 0.372 e. The lowest BCUT2D eigenvalue weighted by atomic mass is 10.1. The van der Waals surface area contributed by atoms with Gasteiger partial charge in [-0.1, -0.05) is 0 Å². The van der Waals surface area contributed by atoms with Crippen LogP contribution in [0.2, 0.25) is 0 Å². The first-order valence-corrected chi connectivity index (χ1v) is 9.15. The molecular formula is C21H25F2N3O2. The molecule has 0 heterocycles. The van der Waals surface area contributed by atoms with E-state index in [1.807, 2.05) is 19.1 Å². The second kappa shape index (κ2) is 9.30. The van der Waals surface area contributed by atoms with Crippen LogP contribution in [0.5, 0.6) is 0 Å². The van der Waals surface area contributed by atoms with Gasteiger partial charge in [0.15, 0.2) is 0 Å². The van der Waals surface area contributed by atoms with Gasteiger partial charge >= 0.3 is 0 Å². The normalized spacial score (nSPS) is 10.5. The third-order valence-electron chi connectivity index (χ3n) is 4.49. The monoisotopic (exact) mass is 389 g/mol. The summed E-state index contributed by atoms with van der Waals surface area (Å²) in [5.41, 5.74) is 2.36. The van der Waals surface area contributed by atoms with Crippen LogP contribution in [0.25, 0.3) is 0 Å². The van der Waals surface area contributed by atoms with Gasteiger partial charge in [-0.3, -0.25) is 9.59 Å². The highest BCUT2D eigenvalue weighted by molar-refractivity contribution is 6.02. The Kier molecular flexibility index (Phi) is 7.09. The summed E-state index contributed by atoms with van der Waals surface area (Å²) in [6.45, 7) is 8.80. The molecule has 150 valence electrons. The zero-order valence-corrected chi connectivity index (χ0v) is 16.6. The first-order chi connectivity index (χ1) is 13.3. The molecule has 28 heavy (non-hydrogen) atoms. The number of carbonyl (C=O) groups excluding carboxylic acids is 2. The molecule has 2 aromatic carbocycles. The van der Waals surface area contributed by atoms with Crippen molar-refractivity contribution >= 4 is 28.9 Å². The second-order valence-electron chi connectivity index (χ2n) is 6.42. The number of hydrogen-bond acceptors (Lipinski definition) is 3. The number of rotatable bonds is 7. The molecule has 0 unspecified atom stereocenters. The molecule has 0 aliphatic heterocycles. The number of nitrogens with one attached hydrogen (secondary N) is 1. The van der Waals surface area contributed by atoms with E-state index in [4.69, 9.17) is 0 Å². The molecule has 0 radical (unpaired) electrons. The Bertz CT molecular complexity index is 867. The number of benzene rings is 2. The minimum absolute atomic E-state index is 0.136. The van der Waals surface area contributed by atoms with Gasteiger partial charge in [-0.05, 0) is 56.7 Å². The van der Waals surface area contributed by atoms with Crippen molar-refractivity contribution in [1.29, 1.82) is 0 Å². The summed E-state index contributed by atoms with van der Waals surface area (Å²) in [5.74, 6) is -2.49. The number of halogens is 2. The summed E-state index contributed by atoms with van der Waals surface area (Å²) >= 11 is 0. The summed E-state index contributed by atoms with van der Waals surface area (Å²) in [6.07, 6.45) is 0. The van der Waals surface area contributed by atoms with Crippen molar-refractivity contribution in [1.82, 2.24) is 0 Å². The maximum absolute atomic E-state index is 13.7. The fourth-order valence-corrected chi connectivity index (χ4v) is 3.02. The predicted molar refractivity (Wildman–Crippen MR) is 108 cm³/mol. The van der Waals surface area contributed by atoms with Crippen LogP contribution in [0.15, 0.2) is 36.4 Å². The zero-order valence-electron chi connectivity index (χ0n) is 16.6. The average molecular weight is 389 g/mol. The molecule has 0 aliphatic carbocycles. The van der Waals surface area contributed by atoms with Crippen molar-refractivity contribution in [3.63, 3.8) is 0 Å². The molecular weight excluding hydrogens is 364 g/mol. The molecule has 0 atom stereocenters. The van der Waals surface area contributed by atoms with Gasteiger partial charge in [-0.25, -0.2) is 8.78 Å². The van der Waals surface area contributed by atoms with Gasteiger partial charge in [0.25, 0.3) is 0 Å². The van der Waals surface area contributed by atoms with Gasteiger partial charge in [0, 0.05) is 37.5 Å². The van der Waals surface area contributed by atoms with Crippen LogP contribution >= 0.6 is 0 Å². The van der Waals surface area contributed by atoms with Crippen molar-refractivity contribution in [3.05, 3.63) is 53.6 Å². The van der Waals surface area contributed by atoms with E-state index in [2.05, 4.69) is 24.1 Å². The van der Waals surface area contributed by atoms with Crippen molar-refractivity contribution < 1.29 is 18.4 Å². The molecule has 0 bridgehead atoms. The van der Waals surface area contributed by atoms with Crippen LogP contribution in [0.1, 0.15) is 26.3 Å². The fourth-order valence-electron chi connectivity index (χ4n) is 3.02. The summed E-state index contributed by atoms with van der Waals surface area (Å²) in [4.78, 5) is 28.0. The second-order valence-corrected chi connectivity index (χ2v) is 6.42. The van der Waals surface area contributed by atoms with Gasteiger partial charge in [-0.15, -0.1) is 0 Å². The van der Waals surface area contributed by atoms with Crippen molar-refractivity contribution in [2.45, 2.75) is 27.7 Å². The van der Waals surface area contributed by atoms with E-state index in [9.17, 15) is 18.4 Å². The van der Waals surface area contributed by atoms with E-state index in [0.29, 0.717) is 11.8 Å². The minimum atomic E-state index is -0.873. The van der Waals surface area contributed by atoms with E-state index in [-0.39, 0.29) is 18.1 Å². The number of hydrogen-bond donors (Lipinski definition) is 1. The van der Waals surface area contributed by atoms with E-state index in [1.165, 1.54) is 11.8 Å².